The highest BCUT2D eigenvalue weighted by atomic mass is 127. The summed E-state index contributed by atoms with van der Waals surface area (Å²) >= 11 is 2.15. The van der Waals surface area contributed by atoms with Crippen LogP contribution in [0.3, 0.4) is 0 Å². The van der Waals surface area contributed by atoms with Crippen LogP contribution in [0.1, 0.15) is 50.0 Å². The molecule has 0 radical (unpaired) electrons. The number of ether oxygens (including phenoxy) is 1. The van der Waals surface area contributed by atoms with E-state index in [2.05, 4.69) is 41.5 Å². The predicted molar refractivity (Wildman–Crippen MR) is 70.5 cm³/mol. The van der Waals surface area contributed by atoms with Gasteiger partial charge in [-0.15, -0.1) is 0 Å². The molecule has 0 atom stereocenters. The molecule has 0 aliphatic rings. The molecule has 0 aliphatic carbocycles. The first-order chi connectivity index (χ1) is 7.65. The predicted octanol–water partition coefficient (Wildman–Crippen LogP) is 3.03. The maximum absolute atomic E-state index is 11.6. The number of carbonyl (C=O) groups is 1. The molecule has 0 saturated carbocycles. The molecule has 1 aromatic rings. The normalized spacial score (nSPS) is 10.8. The monoisotopic (exact) mass is 336 g/mol. The average Bonchev–Trinajstić information content (AvgIpc) is 2.63. The molecule has 0 amide bonds. The SMILES string of the molecule is CCOC(=O)c1cnn(C(CC)CC)c1I. The number of aromatic nitrogens is 2. The molecule has 16 heavy (non-hydrogen) atoms. The van der Waals surface area contributed by atoms with Crippen LogP contribution in [0.25, 0.3) is 0 Å². The molecule has 1 heterocycles. The number of hydrogen-bond donors (Lipinski definition) is 0. The first kappa shape index (κ1) is 13.5. The van der Waals surface area contributed by atoms with E-state index < -0.39 is 0 Å². The van der Waals surface area contributed by atoms with Gasteiger partial charge in [0.2, 0.25) is 0 Å². The van der Waals surface area contributed by atoms with Crippen molar-refractivity contribution in [3.8, 4) is 0 Å². The highest BCUT2D eigenvalue weighted by Gasteiger charge is 2.19. The molecule has 1 rings (SSSR count). The molecule has 0 aromatic carbocycles. The summed E-state index contributed by atoms with van der Waals surface area (Å²) in [7, 11) is 0. The largest absolute Gasteiger partial charge is 0.462 e. The van der Waals surface area contributed by atoms with Crippen LogP contribution in [-0.2, 0) is 4.74 Å². The fourth-order valence-corrected chi connectivity index (χ4v) is 2.46. The van der Waals surface area contributed by atoms with Crippen molar-refractivity contribution < 1.29 is 9.53 Å². The van der Waals surface area contributed by atoms with Gasteiger partial charge in [-0.3, -0.25) is 4.68 Å². The van der Waals surface area contributed by atoms with Gasteiger partial charge in [-0.05, 0) is 42.4 Å². The first-order valence-electron chi connectivity index (χ1n) is 5.55. The van der Waals surface area contributed by atoms with Crippen molar-refractivity contribution in [3.63, 3.8) is 0 Å². The van der Waals surface area contributed by atoms with Gasteiger partial charge in [0, 0.05) is 0 Å². The molecule has 0 fully saturated rings. The van der Waals surface area contributed by atoms with Crippen LogP contribution in [0.5, 0.6) is 0 Å². The fraction of sp³-hybridized carbons (Fsp3) is 0.636. The summed E-state index contributed by atoms with van der Waals surface area (Å²) in [5.41, 5.74) is 0.564. The first-order valence-corrected chi connectivity index (χ1v) is 6.63. The van der Waals surface area contributed by atoms with Crippen molar-refractivity contribution in [3.05, 3.63) is 15.5 Å². The molecule has 0 saturated heterocycles. The van der Waals surface area contributed by atoms with Crippen molar-refractivity contribution in [2.75, 3.05) is 6.61 Å². The number of halogens is 1. The van der Waals surface area contributed by atoms with Crippen molar-refractivity contribution in [1.82, 2.24) is 9.78 Å². The molecule has 0 unspecified atom stereocenters. The quantitative estimate of drug-likeness (QED) is 0.613. The standard InChI is InChI=1S/C11H17IN2O2/c1-4-8(5-2)14-10(12)9(7-13-14)11(15)16-6-3/h7-8H,4-6H2,1-3H3. The molecule has 5 heteroatoms. The lowest BCUT2D eigenvalue weighted by molar-refractivity contribution is 0.0525. The van der Waals surface area contributed by atoms with Gasteiger partial charge in [-0.2, -0.15) is 5.10 Å². The van der Waals surface area contributed by atoms with Crippen molar-refractivity contribution in [2.24, 2.45) is 0 Å². The van der Waals surface area contributed by atoms with Crippen LogP contribution in [0, 0.1) is 3.70 Å². The van der Waals surface area contributed by atoms with E-state index >= 15 is 0 Å². The lowest BCUT2D eigenvalue weighted by Crippen LogP contribution is -2.12. The zero-order chi connectivity index (χ0) is 12.1. The van der Waals surface area contributed by atoms with Gasteiger partial charge in [-0.25, -0.2) is 4.79 Å². The molecular weight excluding hydrogens is 319 g/mol. The minimum Gasteiger partial charge on any atom is -0.462 e. The van der Waals surface area contributed by atoms with Crippen molar-refractivity contribution in [2.45, 2.75) is 39.7 Å². The van der Waals surface area contributed by atoms with E-state index in [4.69, 9.17) is 4.74 Å². The summed E-state index contributed by atoms with van der Waals surface area (Å²) in [6.45, 7) is 6.44. The summed E-state index contributed by atoms with van der Waals surface area (Å²) in [6, 6.07) is 0.357. The summed E-state index contributed by atoms with van der Waals surface area (Å²) in [4.78, 5) is 11.6. The van der Waals surface area contributed by atoms with Gasteiger partial charge in [0.15, 0.2) is 0 Å². The van der Waals surface area contributed by atoms with Gasteiger partial charge < -0.3 is 4.74 Å². The van der Waals surface area contributed by atoms with Crippen LogP contribution in [0.2, 0.25) is 0 Å². The van der Waals surface area contributed by atoms with E-state index in [1.54, 1.807) is 13.1 Å². The zero-order valence-electron chi connectivity index (χ0n) is 9.86. The Hall–Kier alpha value is -0.590. The van der Waals surface area contributed by atoms with Crippen molar-refractivity contribution in [1.29, 1.82) is 0 Å². The Morgan fingerprint density at radius 2 is 2.12 bits per heavy atom. The lowest BCUT2D eigenvalue weighted by atomic mass is 10.2. The Bertz CT molecular complexity index is 359. The Morgan fingerprint density at radius 1 is 1.50 bits per heavy atom. The highest BCUT2D eigenvalue weighted by Crippen LogP contribution is 2.21. The van der Waals surface area contributed by atoms with Crippen LogP contribution in [0.4, 0.5) is 0 Å². The number of carbonyl (C=O) groups excluding carboxylic acids is 1. The number of nitrogens with zero attached hydrogens (tertiary/aromatic N) is 2. The smallest absolute Gasteiger partial charge is 0.342 e. The van der Waals surface area contributed by atoms with Crippen LogP contribution >= 0.6 is 22.6 Å². The summed E-state index contributed by atoms with van der Waals surface area (Å²) in [6.07, 6.45) is 3.62. The maximum atomic E-state index is 11.6. The maximum Gasteiger partial charge on any atom is 0.342 e. The van der Waals surface area contributed by atoms with E-state index in [9.17, 15) is 4.79 Å². The number of esters is 1. The lowest BCUT2D eigenvalue weighted by Gasteiger charge is -2.14. The Morgan fingerprint density at radius 3 is 2.62 bits per heavy atom. The summed E-state index contributed by atoms with van der Waals surface area (Å²) in [5.74, 6) is -0.288. The van der Waals surface area contributed by atoms with Crippen LogP contribution in [-0.4, -0.2) is 22.4 Å². The minimum absolute atomic E-state index is 0.288. The molecule has 90 valence electrons. The van der Waals surface area contributed by atoms with Gasteiger partial charge in [0.1, 0.15) is 9.26 Å². The van der Waals surface area contributed by atoms with E-state index in [-0.39, 0.29) is 5.97 Å². The Labute approximate surface area is 109 Å². The topological polar surface area (TPSA) is 44.1 Å². The molecule has 0 aliphatic heterocycles. The fourth-order valence-electron chi connectivity index (χ4n) is 1.58. The Balaban J connectivity index is 2.95. The van der Waals surface area contributed by atoms with E-state index in [1.807, 2.05) is 4.68 Å². The number of hydrogen-bond acceptors (Lipinski definition) is 3. The minimum atomic E-state index is -0.288. The second-order valence-corrected chi connectivity index (χ2v) is 4.51. The van der Waals surface area contributed by atoms with Gasteiger partial charge >= 0.3 is 5.97 Å². The van der Waals surface area contributed by atoms with Gasteiger partial charge in [0.25, 0.3) is 0 Å². The molecular formula is C11H17IN2O2. The highest BCUT2D eigenvalue weighted by molar-refractivity contribution is 14.1. The molecule has 4 nitrogen and oxygen atoms in total. The van der Waals surface area contributed by atoms with E-state index in [1.165, 1.54) is 0 Å². The summed E-state index contributed by atoms with van der Waals surface area (Å²) in [5, 5.41) is 4.27. The third kappa shape index (κ3) is 2.75. The zero-order valence-corrected chi connectivity index (χ0v) is 12.0. The van der Waals surface area contributed by atoms with Crippen LogP contribution in [0.15, 0.2) is 6.20 Å². The third-order valence-electron chi connectivity index (χ3n) is 2.52. The average molecular weight is 336 g/mol. The Kier molecular flexibility index (Phi) is 5.24. The number of rotatable bonds is 5. The van der Waals surface area contributed by atoms with Crippen molar-refractivity contribution >= 4 is 28.6 Å². The molecule has 0 bridgehead atoms. The second kappa shape index (κ2) is 6.22. The third-order valence-corrected chi connectivity index (χ3v) is 3.59. The summed E-state index contributed by atoms with van der Waals surface area (Å²) < 4.78 is 7.75. The van der Waals surface area contributed by atoms with Gasteiger partial charge in [0.05, 0.1) is 18.8 Å². The molecule has 0 N–H and O–H groups in total. The molecule has 1 aromatic heterocycles. The van der Waals surface area contributed by atoms with E-state index in [0.29, 0.717) is 18.2 Å². The molecule has 0 spiro atoms. The van der Waals surface area contributed by atoms with Gasteiger partial charge in [-0.1, -0.05) is 13.8 Å². The van der Waals surface area contributed by atoms with E-state index in [0.717, 1.165) is 16.5 Å². The van der Waals surface area contributed by atoms with Crippen LogP contribution < -0.4 is 0 Å². The second-order valence-electron chi connectivity index (χ2n) is 3.48.